The molecule has 0 radical (unpaired) electrons. The highest BCUT2D eigenvalue weighted by molar-refractivity contribution is 9.10. The molecule has 0 saturated carbocycles. The maximum atomic E-state index is 6.03. The van der Waals surface area contributed by atoms with Gasteiger partial charge >= 0.3 is 0 Å². The minimum absolute atomic E-state index is 0.492. The van der Waals surface area contributed by atoms with Crippen LogP contribution < -0.4 is 10.1 Å². The molecule has 3 nitrogen and oxygen atoms in total. The number of amidine groups is 1. The predicted molar refractivity (Wildman–Crippen MR) is 83.1 cm³/mol. The molecule has 0 spiro atoms. The summed E-state index contributed by atoms with van der Waals surface area (Å²) < 4.78 is 5.07. The van der Waals surface area contributed by atoms with Gasteiger partial charge in [0.1, 0.15) is 16.7 Å². The molecule has 1 aliphatic heterocycles. The summed E-state index contributed by atoms with van der Waals surface area (Å²) in [5.74, 6) is 1.52. The highest BCUT2D eigenvalue weighted by Gasteiger charge is 2.30. The van der Waals surface area contributed by atoms with Crippen molar-refractivity contribution in [1.82, 2.24) is 5.32 Å². The quantitative estimate of drug-likeness (QED) is 0.647. The molecule has 102 valence electrons. The van der Waals surface area contributed by atoms with Crippen molar-refractivity contribution in [3.8, 4) is 5.75 Å². The zero-order chi connectivity index (χ0) is 14.2. The van der Waals surface area contributed by atoms with Crippen LogP contribution in [0.1, 0.15) is 23.6 Å². The Morgan fingerprint density at radius 1 is 1.21 bits per heavy atom. The Morgan fingerprint density at radius 2 is 1.79 bits per heavy atom. The molecule has 0 aliphatic carbocycles. The van der Waals surface area contributed by atoms with Crippen LogP contribution in [-0.4, -0.2) is 10.5 Å². The fourth-order valence-corrected chi connectivity index (χ4v) is 3.25. The maximum absolute atomic E-state index is 6.03. The van der Waals surface area contributed by atoms with Crippen molar-refractivity contribution in [3.05, 3.63) is 40.1 Å². The third kappa shape index (κ3) is 3.31. The van der Waals surface area contributed by atoms with Crippen LogP contribution >= 0.6 is 27.5 Å². The Balaban J connectivity index is 2.38. The van der Waals surface area contributed by atoms with Crippen molar-refractivity contribution >= 4 is 33.4 Å². The summed E-state index contributed by atoms with van der Waals surface area (Å²) in [7, 11) is 0. The Morgan fingerprint density at radius 3 is 2.32 bits per heavy atom. The van der Waals surface area contributed by atoms with E-state index in [0.29, 0.717) is 11.0 Å². The largest absolute Gasteiger partial charge is 0.452 e. The zero-order valence-electron chi connectivity index (χ0n) is 11.3. The Bertz CT molecular complexity index is 540. The van der Waals surface area contributed by atoms with Gasteiger partial charge in [-0.05, 0) is 54.8 Å². The van der Waals surface area contributed by atoms with Gasteiger partial charge in [-0.3, -0.25) is 0 Å². The number of aliphatic imine (C=N–C) groups is 1. The van der Waals surface area contributed by atoms with Crippen LogP contribution in [0.3, 0.4) is 0 Å². The average molecular weight is 344 g/mol. The highest BCUT2D eigenvalue weighted by Crippen LogP contribution is 2.34. The number of nitrogens with zero attached hydrogens (tertiary/aromatic N) is 1. The fraction of sp³-hybridized carbons (Fsp3) is 0.357. The van der Waals surface area contributed by atoms with E-state index in [0.717, 1.165) is 16.9 Å². The molecular formula is C14H16BrClN2O. The molecule has 0 bridgehead atoms. The second-order valence-corrected chi connectivity index (χ2v) is 6.30. The number of benzene rings is 1. The molecule has 0 aromatic heterocycles. The SMILES string of the molecule is CC1=NC(Br)(Oc2c(C)cc(C)cc2C)C=C(Cl)N1. The van der Waals surface area contributed by atoms with Crippen LogP contribution in [0.2, 0.25) is 0 Å². The number of aryl methyl sites for hydroxylation is 3. The van der Waals surface area contributed by atoms with Gasteiger partial charge in [-0.1, -0.05) is 29.3 Å². The molecule has 1 aromatic rings. The third-order valence-corrected chi connectivity index (χ3v) is 3.55. The van der Waals surface area contributed by atoms with Crippen molar-refractivity contribution in [1.29, 1.82) is 0 Å². The number of hydrogen-bond acceptors (Lipinski definition) is 3. The van der Waals surface area contributed by atoms with Crippen molar-refractivity contribution in [2.75, 3.05) is 0 Å². The molecule has 1 unspecified atom stereocenters. The van der Waals surface area contributed by atoms with Crippen molar-refractivity contribution in [2.24, 2.45) is 4.99 Å². The molecular weight excluding hydrogens is 328 g/mol. The van der Waals surface area contributed by atoms with E-state index in [4.69, 9.17) is 16.3 Å². The van der Waals surface area contributed by atoms with E-state index < -0.39 is 4.63 Å². The van der Waals surface area contributed by atoms with Crippen molar-refractivity contribution < 1.29 is 4.74 Å². The summed E-state index contributed by atoms with van der Waals surface area (Å²) in [5, 5.41) is 3.42. The number of alkyl halides is 1. The van der Waals surface area contributed by atoms with E-state index in [9.17, 15) is 0 Å². The van der Waals surface area contributed by atoms with Gasteiger partial charge in [0.2, 0.25) is 0 Å². The molecule has 5 heteroatoms. The first-order chi connectivity index (χ1) is 8.79. The molecule has 0 fully saturated rings. The van der Waals surface area contributed by atoms with E-state index in [2.05, 4.69) is 45.3 Å². The smallest absolute Gasteiger partial charge is 0.280 e. The number of nitrogens with one attached hydrogen (secondary N) is 1. The number of ether oxygens (including phenoxy) is 1. The van der Waals surface area contributed by atoms with Gasteiger partial charge in [0.15, 0.2) is 0 Å². The van der Waals surface area contributed by atoms with Crippen LogP contribution in [0.5, 0.6) is 5.75 Å². The summed E-state index contributed by atoms with van der Waals surface area (Å²) in [6, 6.07) is 4.17. The molecule has 19 heavy (non-hydrogen) atoms. The summed E-state index contributed by atoms with van der Waals surface area (Å²) in [6.45, 7) is 7.95. The van der Waals surface area contributed by atoms with Crippen LogP contribution in [0.4, 0.5) is 0 Å². The predicted octanol–water partition coefficient (Wildman–Crippen LogP) is 4.14. The van der Waals surface area contributed by atoms with Crippen LogP contribution in [-0.2, 0) is 0 Å². The van der Waals surface area contributed by atoms with Crippen LogP contribution in [0.25, 0.3) is 0 Å². The molecule has 1 aromatic carbocycles. The van der Waals surface area contributed by atoms with Crippen molar-refractivity contribution in [3.63, 3.8) is 0 Å². The number of halogens is 2. The van der Waals surface area contributed by atoms with Gasteiger partial charge < -0.3 is 10.1 Å². The average Bonchev–Trinajstić information content (AvgIpc) is 2.21. The van der Waals surface area contributed by atoms with Gasteiger partial charge in [0, 0.05) is 6.08 Å². The minimum Gasteiger partial charge on any atom is -0.452 e. The van der Waals surface area contributed by atoms with Crippen LogP contribution in [0, 0.1) is 20.8 Å². The second-order valence-electron chi connectivity index (χ2n) is 4.75. The first-order valence-corrected chi connectivity index (χ1v) is 7.14. The Hall–Kier alpha value is -1.00. The monoisotopic (exact) mass is 342 g/mol. The minimum atomic E-state index is -0.954. The molecule has 0 saturated heterocycles. The second kappa shape index (κ2) is 5.17. The standard InChI is InChI=1S/C14H16BrClN2O/c1-8-5-9(2)13(10(3)6-8)19-14(15)7-12(16)17-11(4)18-14/h5-7H,1-4H3,(H,17,18). The van der Waals surface area contributed by atoms with E-state index in [1.54, 1.807) is 6.08 Å². The van der Waals surface area contributed by atoms with Gasteiger partial charge in [-0.2, -0.15) is 0 Å². The van der Waals surface area contributed by atoms with Gasteiger partial charge in [0.05, 0.1) is 0 Å². The lowest BCUT2D eigenvalue weighted by Crippen LogP contribution is -2.34. The summed E-state index contributed by atoms with van der Waals surface area (Å²) in [6.07, 6.45) is 1.69. The van der Waals surface area contributed by atoms with Gasteiger partial charge in [0.25, 0.3) is 4.63 Å². The van der Waals surface area contributed by atoms with E-state index in [1.807, 2.05) is 20.8 Å². The molecule has 1 aliphatic rings. The fourth-order valence-electron chi connectivity index (χ4n) is 2.18. The Kier molecular flexibility index (Phi) is 3.92. The maximum Gasteiger partial charge on any atom is 0.280 e. The van der Waals surface area contributed by atoms with E-state index in [1.165, 1.54) is 5.56 Å². The summed E-state index contributed by atoms with van der Waals surface area (Å²) >= 11 is 9.52. The normalized spacial score (nSPS) is 22.4. The lowest BCUT2D eigenvalue weighted by Gasteiger charge is -2.28. The topological polar surface area (TPSA) is 33.6 Å². The first-order valence-electron chi connectivity index (χ1n) is 5.97. The van der Waals surface area contributed by atoms with E-state index >= 15 is 0 Å². The highest BCUT2D eigenvalue weighted by atomic mass is 79.9. The lowest BCUT2D eigenvalue weighted by atomic mass is 10.1. The molecule has 1 atom stereocenters. The van der Waals surface area contributed by atoms with Crippen molar-refractivity contribution in [2.45, 2.75) is 32.3 Å². The summed E-state index contributed by atoms with van der Waals surface area (Å²) in [4.78, 5) is 4.40. The number of hydrogen-bond donors (Lipinski definition) is 1. The van der Waals surface area contributed by atoms with Gasteiger partial charge in [-0.15, -0.1) is 0 Å². The first kappa shape index (κ1) is 14.4. The zero-order valence-corrected chi connectivity index (χ0v) is 13.7. The third-order valence-electron chi connectivity index (χ3n) is 2.78. The molecule has 1 heterocycles. The molecule has 0 amide bonds. The summed E-state index contributed by atoms with van der Waals surface area (Å²) in [5.41, 5.74) is 3.36. The van der Waals surface area contributed by atoms with Gasteiger partial charge in [-0.25, -0.2) is 4.99 Å². The van der Waals surface area contributed by atoms with E-state index in [-0.39, 0.29) is 0 Å². The molecule has 1 N–H and O–H groups in total. The Labute approximate surface area is 126 Å². The molecule has 2 rings (SSSR count). The van der Waals surface area contributed by atoms with Crippen LogP contribution in [0.15, 0.2) is 28.4 Å². The lowest BCUT2D eigenvalue weighted by molar-refractivity contribution is 0.227. The number of rotatable bonds is 2.